The zero-order valence-electron chi connectivity index (χ0n) is 17.8. The Morgan fingerprint density at radius 1 is 1.00 bits per heavy atom. The van der Waals surface area contributed by atoms with E-state index in [9.17, 15) is 9.59 Å². The van der Waals surface area contributed by atoms with Gasteiger partial charge < -0.3 is 15.4 Å². The lowest BCUT2D eigenvalue weighted by Crippen LogP contribution is -2.34. The summed E-state index contributed by atoms with van der Waals surface area (Å²) in [6, 6.07) is 12.3. The van der Waals surface area contributed by atoms with E-state index in [1.165, 1.54) is 12.8 Å². The van der Waals surface area contributed by atoms with Crippen molar-refractivity contribution in [2.75, 3.05) is 17.2 Å². The molecule has 2 aromatic carbocycles. The molecule has 0 saturated carbocycles. The maximum Gasteiger partial charge on any atom is 0.257 e. The molecule has 6 nitrogen and oxygen atoms in total. The van der Waals surface area contributed by atoms with Gasteiger partial charge in [-0.15, -0.1) is 0 Å². The molecular weight excluding hydrogens is 478 g/mol. The number of halogens is 1. The number of ether oxygens (including phenoxy) is 1. The predicted molar refractivity (Wildman–Crippen MR) is 133 cm³/mol. The van der Waals surface area contributed by atoms with Gasteiger partial charge >= 0.3 is 0 Å². The number of rotatable bonds is 10. The van der Waals surface area contributed by atoms with E-state index in [4.69, 9.17) is 17.0 Å². The summed E-state index contributed by atoms with van der Waals surface area (Å²) in [5.41, 5.74) is 1.77. The Morgan fingerprint density at radius 3 is 2.42 bits per heavy atom. The van der Waals surface area contributed by atoms with Crippen molar-refractivity contribution in [2.45, 2.75) is 46.0 Å². The van der Waals surface area contributed by atoms with Crippen LogP contribution >= 0.6 is 28.1 Å². The molecule has 0 aliphatic carbocycles. The Morgan fingerprint density at radius 2 is 1.74 bits per heavy atom. The smallest absolute Gasteiger partial charge is 0.257 e. The Kier molecular flexibility index (Phi) is 10.5. The van der Waals surface area contributed by atoms with Crippen LogP contribution in [0.15, 0.2) is 46.9 Å². The Labute approximate surface area is 197 Å². The molecule has 0 heterocycles. The normalized spacial score (nSPS) is 10.3. The largest absolute Gasteiger partial charge is 0.492 e. The van der Waals surface area contributed by atoms with Crippen LogP contribution < -0.4 is 20.7 Å². The van der Waals surface area contributed by atoms with Gasteiger partial charge in [-0.05, 0) is 71.0 Å². The topological polar surface area (TPSA) is 79.5 Å². The maximum atomic E-state index is 12.5. The van der Waals surface area contributed by atoms with Crippen LogP contribution in [0.3, 0.4) is 0 Å². The summed E-state index contributed by atoms with van der Waals surface area (Å²) in [5.74, 6) is 0.301. The average Bonchev–Trinajstić information content (AvgIpc) is 2.74. The summed E-state index contributed by atoms with van der Waals surface area (Å²) in [4.78, 5) is 24.1. The van der Waals surface area contributed by atoms with Crippen LogP contribution in [-0.4, -0.2) is 23.5 Å². The lowest BCUT2D eigenvalue weighted by molar-refractivity contribution is -0.115. The average molecular weight is 506 g/mol. The van der Waals surface area contributed by atoms with E-state index in [2.05, 4.69) is 38.8 Å². The Bertz CT molecular complexity index is 921. The highest BCUT2D eigenvalue weighted by atomic mass is 79.9. The van der Waals surface area contributed by atoms with Gasteiger partial charge in [0, 0.05) is 23.4 Å². The minimum Gasteiger partial charge on any atom is -0.492 e. The third-order valence-corrected chi connectivity index (χ3v) is 5.23. The zero-order valence-corrected chi connectivity index (χ0v) is 20.2. The second kappa shape index (κ2) is 13.1. The number of hydrogen-bond acceptors (Lipinski definition) is 4. The summed E-state index contributed by atoms with van der Waals surface area (Å²) < 4.78 is 6.49. The number of nitrogens with one attached hydrogen (secondary N) is 3. The van der Waals surface area contributed by atoms with Crippen molar-refractivity contribution >= 4 is 56.4 Å². The molecule has 0 unspecified atom stereocenters. The molecule has 2 aromatic rings. The maximum absolute atomic E-state index is 12.5. The van der Waals surface area contributed by atoms with E-state index >= 15 is 0 Å². The minimum atomic E-state index is -0.330. The van der Waals surface area contributed by atoms with Crippen LogP contribution in [0.4, 0.5) is 11.4 Å². The molecule has 31 heavy (non-hydrogen) atoms. The summed E-state index contributed by atoms with van der Waals surface area (Å²) >= 11 is 8.71. The van der Waals surface area contributed by atoms with Crippen molar-refractivity contribution in [3.8, 4) is 5.75 Å². The van der Waals surface area contributed by atoms with Crippen LogP contribution in [0.25, 0.3) is 0 Å². The van der Waals surface area contributed by atoms with E-state index in [1.807, 2.05) is 0 Å². The first-order valence-corrected chi connectivity index (χ1v) is 11.6. The van der Waals surface area contributed by atoms with Crippen molar-refractivity contribution in [2.24, 2.45) is 0 Å². The molecule has 3 N–H and O–H groups in total. The number of anilines is 2. The molecule has 166 valence electrons. The van der Waals surface area contributed by atoms with Crippen LogP contribution in [0.1, 0.15) is 56.3 Å². The second-order valence-electron chi connectivity index (χ2n) is 6.95. The van der Waals surface area contributed by atoms with Crippen molar-refractivity contribution in [3.05, 3.63) is 52.5 Å². The number of amides is 2. The SMILES string of the molecule is CCCCCCOc1ccc(C(=O)NC(=S)Nc2cccc(NC(=O)CC)c2)cc1Br. The molecule has 0 bridgehead atoms. The van der Waals surface area contributed by atoms with Crippen LogP contribution in [0.5, 0.6) is 5.75 Å². The van der Waals surface area contributed by atoms with Crippen LogP contribution in [0, 0.1) is 0 Å². The zero-order chi connectivity index (χ0) is 22.6. The first kappa shape index (κ1) is 24.8. The van der Waals surface area contributed by atoms with Gasteiger partial charge in [-0.3, -0.25) is 14.9 Å². The lowest BCUT2D eigenvalue weighted by Gasteiger charge is -2.12. The van der Waals surface area contributed by atoms with Gasteiger partial charge in [-0.1, -0.05) is 39.2 Å². The third-order valence-electron chi connectivity index (χ3n) is 4.40. The lowest BCUT2D eigenvalue weighted by atomic mass is 10.2. The highest BCUT2D eigenvalue weighted by Gasteiger charge is 2.11. The fourth-order valence-electron chi connectivity index (χ4n) is 2.73. The highest BCUT2D eigenvalue weighted by molar-refractivity contribution is 9.10. The predicted octanol–water partition coefficient (Wildman–Crippen LogP) is 5.88. The standard InChI is InChI=1S/C23H28BrN3O3S/c1-3-5-6-7-13-30-20-12-11-16(14-19(20)24)22(29)27-23(31)26-18-10-8-9-17(15-18)25-21(28)4-2/h8-12,14-15H,3-7,13H2,1-2H3,(H,25,28)(H2,26,27,29,31). The van der Waals surface area contributed by atoms with E-state index in [0.29, 0.717) is 40.2 Å². The molecule has 2 amide bonds. The van der Waals surface area contributed by atoms with E-state index < -0.39 is 0 Å². The molecule has 2 rings (SSSR count). The van der Waals surface area contributed by atoms with Gasteiger partial charge in [0.25, 0.3) is 5.91 Å². The van der Waals surface area contributed by atoms with E-state index in [-0.39, 0.29) is 16.9 Å². The van der Waals surface area contributed by atoms with Gasteiger partial charge in [0.05, 0.1) is 11.1 Å². The first-order chi connectivity index (χ1) is 14.9. The Hall–Kier alpha value is -2.45. The van der Waals surface area contributed by atoms with E-state index in [1.54, 1.807) is 49.4 Å². The highest BCUT2D eigenvalue weighted by Crippen LogP contribution is 2.26. The molecule has 0 aromatic heterocycles. The number of carbonyl (C=O) groups is 2. The van der Waals surface area contributed by atoms with Gasteiger partial charge in [0.15, 0.2) is 5.11 Å². The fraction of sp³-hybridized carbons (Fsp3) is 0.348. The summed E-state index contributed by atoms with van der Waals surface area (Å²) in [7, 11) is 0. The number of hydrogen-bond donors (Lipinski definition) is 3. The van der Waals surface area contributed by atoms with Crippen molar-refractivity contribution in [1.82, 2.24) is 5.32 Å². The number of benzene rings is 2. The third kappa shape index (κ3) is 8.67. The second-order valence-corrected chi connectivity index (χ2v) is 8.21. The molecule has 0 spiro atoms. The Balaban J connectivity index is 1.89. The molecule has 8 heteroatoms. The van der Waals surface area contributed by atoms with Crippen LogP contribution in [-0.2, 0) is 4.79 Å². The molecule has 0 aliphatic heterocycles. The molecule has 0 radical (unpaired) electrons. The molecular formula is C23H28BrN3O3S. The van der Waals surface area contributed by atoms with Gasteiger partial charge in [-0.25, -0.2) is 0 Å². The molecule has 0 saturated heterocycles. The summed E-state index contributed by atoms with van der Waals surface area (Å²) in [5, 5.41) is 8.56. The van der Waals surface area contributed by atoms with Gasteiger partial charge in [0.1, 0.15) is 5.75 Å². The molecule has 0 aliphatic rings. The van der Waals surface area contributed by atoms with Crippen molar-refractivity contribution < 1.29 is 14.3 Å². The first-order valence-electron chi connectivity index (χ1n) is 10.4. The van der Waals surface area contributed by atoms with Crippen molar-refractivity contribution in [1.29, 1.82) is 0 Å². The van der Waals surface area contributed by atoms with Gasteiger partial charge in [0.2, 0.25) is 5.91 Å². The molecule has 0 atom stereocenters. The molecule has 0 fully saturated rings. The fourth-order valence-corrected chi connectivity index (χ4v) is 3.44. The number of thiocarbonyl (C=S) groups is 1. The monoisotopic (exact) mass is 505 g/mol. The minimum absolute atomic E-state index is 0.0769. The van der Waals surface area contributed by atoms with E-state index in [0.717, 1.165) is 12.8 Å². The van der Waals surface area contributed by atoms with Crippen molar-refractivity contribution in [3.63, 3.8) is 0 Å². The number of carbonyl (C=O) groups excluding carboxylic acids is 2. The number of unbranched alkanes of at least 4 members (excludes halogenated alkanes) is 3. The quantitative estimate of drug-likeness (QED) is 0.277. The van der Waals surface area contributed by atoms with Gasteiger partial charge in [-0.2, -0.15) is 0 Å². The summed E-state index contributed by atoms with van der Waals surface area (Å²) in [6.07, 6.45) is 4.93. The summed E-state index contributed by atoms with van der Waals surface area (Å²) in [6.45, 7) is 4.61. The van der Waals surface area contributed by atoms with Crippen LogP contribution in [0.2, 0.25) is 0 Å².